The highest BCUT2D eigenvalue weighted by Gasteiger charge is 2.20. The van der Waals surface area contributed by atoms with E-state index in [0.717, 1.165) is 63.4 Å². The van der Waals surface area contributed by atoms with E-state index in [1.807, 2.05) is 9.80 Å². The Morgan fingerprint density at radius 2 is 1.31 bits per heavy atom. The lowest BCUT2D eigenvalue weighted by atomic mass is 9.95. The van der Waals surface area contributed by atoms with Gasteiger partial charge in [0.1, 0.15) is 5.75 Å². The summed E-state index contributed by atoms with van der Waals surface area (Å²) in [5, 5.41) is 18.7. The number of nitrogens with zero attached hydrogens (tertiary/aromatic N) is 4. The van der Waals surface area contributed by atoms with Crippen LogP contribution in [0.15, 0.2) is 60.7 Å². The highest BCUT2D eigenvalue weighted by atomic mass is 16.5. The molecule has 5 rings (SSSR count). The maximum absolute atomic E-state index is 11.4. The first kappa shape index (κ1) is 38.2. The molecule has 51 heavy (non-hydrogen) atoms. The van der Waals surface area contributed by atoms with Crippen LogP contribution in [0.2, 0.25) is 0 Å². The molecule has 3 aromatic carbocycles. The summed E-state index contributed by atoms with van der Waals surface area (Å²) >= 11 is 0. The van der Waals surface area contributed by atoms with E-state index in [0.29, 0.717) is 32.8 Å². The third-order valence-corrected chi connectivity index (χ3v) is 10.2. The maximum Gasteiger partial charge on any atom is 0.317 e. The lowest BCUT2D eigenvalue weighted by Gasteiger charge is -2.27. The van der Waals surface area contributed by atoms with Gasteiger partial charge in [-0.25, -0.2) is 0 Å². The summed E-state index contributed by atoms with van der Waals surface area (Å²) in [6.45, 7) is 12.9. The van der Waals surface area contributed by atoms with Crippen molar-refractivity contribution in [1.29, 1.82) is 0 Å². The summed E-state index contributed by atoms with van der Waals surface area (Å²) in [7, 11) is 0. The quantitative estimate of drug-likeness (QED) is 0.139. The monoisotopic (exact) mass is 696 g/mol. The van der Waals surface area contributed by atoms with Gasteiger partial charge in [0.05, 0.1) is 19.7 Å². The minimum Gasteiger partial charge on any atom is -0.493 e. The lowest BCUT2D eigenvalue weighted by Crippen LogP contribution is -2.40. The molecular formula is C42H56N4O5. The Hall–Kier alpha value is -4.02. The van der Waals surface area contributed by atoms with E-state index in [1.54, 1.807) is 0 Å². The first-order valence-corrected chi connectivity index (χ1v) is 18.7. The van der Waals surface area contributed by atoms with Gasteiger partial charge >= 0.3 is 11.9 Å². The second-order valence-corrected chi connectivity index (χ2v) is 14.1. The summed E-state index contributed by atoms with van der Waals surface area (Å²) in [4.78, 5) is 31.5. The molecule has 0 spiro atoms. The molecule has 2 heterocycles. The van der Waals surface area contributed by atoms with Gasteiger partial charge in [-0.2, -0.15) is 0 Å². The van der Waals surface area contributed by atoms with Crippen molar-refractivity contribution in [3.8, 4) is 16.9 Å². The van der Waals surface area contributed by atoms with E-state index in [4.69, 9.17) is 4.74 Å². The third kappa shape index (κ3) is 12.0. The van der Waals surface area contributed by atoms with Crippen LogP contribution in [-0.4, -0.2) is 120 Å². The fraction of sp³-hybridized carbons (Fsp3) is 0.476. The second-order valence-electron chi connectivity index (χ2n) is 14.1. The molecule has 0 unspecified atom stereocenters. The van der Waals surface area contributed by atoms with Crippen LogP contribution < -0.4 is 4.74 Å². The molecule has 0 radical (unpaired) electrons. The van der Waals surface area contributed by atoms with Crippen molar-refractivity contribution in [2.24, 2.45) is 0 Å². The van der Waals surface area contributed by atoms with Crippen LogP contribution in [0.5, 0.6) is 5.75 Å². The first-order valence-electron chi connectivity index (χ1n) is 18.7. The number of piperidine rings is 1. The van der Waals surface area contributed by atoms with Crippen LogP contribution in [0.25, 0.3) is 23.3 Å². The molecule has 2 aliphatic rings. The fourth-order valence-corrected chi connectivity index (χ4v) is 7.23. The van der Waals surface area contributed by atoms with Crippen molar-refractivity contribution in [1.82, 2.24) is 19.6 Å². The van der Waals surface area contributed by atoms with Crippen molar-refractivity contribution < 1.29 is 24.5 Å². The average molecular weight is 697 g/mol. The number of unbranched alkanes of at least 4 members (excludes halogenated alkanes) is 1. The lowest BCUT2D eigenvalue weighted by molar-refractivity contribution is -0.140. The number of hydrogen-bond acceptors (Lipinski definition) is 7. The van der Waals surface area contributed by atoms with E-state index in [-0.39, 0.29) is 13.1 Å². The van der Waals surface area contributed by atoms with Gasteiger partial charge in [0.2, 0.25) is 0 Å². The van der Waals surface area contributed by atoms with Crippen LogP contribution in [0.4, 0.5) is 0 Å². The van der Waals surface area contributed by atoms with Gasteiger partial charge in [-0.05, 0) is 98.6 Å². The molecule has 0 aliphatic carbocycles. The Balaban J connectivity index is 1.24. The fourth-order valence-electron chi connectivity index (χ4n) is 7.23. The zero-order valence-corrected chi connectivity index (χ0v) is 30.6. The van der Waals surface area contributed by atoms with E-state index in [9.17, 15) is 19.8 Å². The number of benzene rings is 3. The molecule has 2 fully saturated rings. The molecule has 9 nitrogen and oxygen atoms in total. The van der Waals surface area contributed by atoms with Crippen molar-refractivity contribution in [3.63, 3.8) is 0 Å². The van der Waals surface area contributed by atoms with Crippen LogP contribution >= 0.6 is 0 Å². The number of carboxylic acid groups (broad SMARTS) is 2. The number of aryl methyl sites for hydroxylation is 1. The van der Waals surface area contributed by atoms with Crippen molar-refractivity contribution in [2.75, 3.05) is 78.6 Å². The van der Waals surface area contributed by atoms with Crippen molar-refractivity contribution >= 4 is 24.1 Å². The summed E-state index contributed by atoms with van der Waals surface area (Å²) in [6.07, 6.45) is 10.1. The molecule has 0 bridgehead atoms. The van der Waals surface area contributed by atoms with Gasteiger partial charge in [-0.1, -0.05) is 73.2 Å². The number of hydrogen-bond donors (Lipinski definition) is 2. The topological polar surface area (TPSA) is 96.8 Å². The predicted octanol–water partition coefficient (Wildman–Crippen LogP) is 6.37. The number of rotatable bonds is 15. The van der Waals surface area contributed by atoms with Crippen molar-refractivity contribution in [3.05, 3.63) is 88.5 Å². The van der Waals surface area contributed by atoms with Crippen LogP contribution in [0.3, 0.4) is 0 Å². The molecule has 0 aromatic heterocycles. The van der Waals surface area contributed by atoms with Gasteiger partial charge < -0.3 is 19.8 Å². The number of carbonyl (C=O) groups is 2. The highest BCUT2D eigenvalue weighted by Crippen LogP contribution is 2.30. The van der Waals surface area contributed by atoms with E-state index in [1.165, 1.54) is 52.6 Å². The summed E-state index contributed by atoms with van der Waals surface area (Å²) in [5.41, 5.74) is 8.57. The Bertz CT molecular complexity index is 1580. The highest BCUT2D eigenvalue weighted by molar-refractivity contribution is 5.78. The number of aliphatic carboxylic acids is 2. The van der Waals surface area contributed by atoms with Crippen LogP contribution in [0, 0.1) is 13.8 Å². The summed E-state index contributed by atoms with van der Waals surface area (Å²) in [5.74, 6) is -0.758. The molecule has 0 amide bonds. The molecule has 2 aliphatic heterocycles. The van der Waals surface area contributed by atoms with Gasteiger partial charge in [0.15, 0.2) is 0 Å². The molecular weight excluding hydrogens is 640 g/mol. The SMILES string of the molecule is Cc1cc(CN2CCCCC2)c(OCCCCN2CCN(CC(=O)O)CCN(CC(=O)O)CC2)cc1/C=C/c1cccc(-c2ccccc2)c1C. The standard InChI is InChI=1S/C42H56N4O5/c1-33-28-38(30-44-19-7-4-8-20-44)40(29-37(33)17-16-35-14-11-15-39(34(35)2)36-12-5-3-6-13-36)51-27-10-9-18-43-21-23-45(31-41(47)48)25-26-46(24-22-43)32-42(49)50/h3,5-6,11-17,28-29H,4,7-10,18-27,30-32H2,1-2H3,(H,47,48)(H,49,50)/b17-16+. The third-order valence-electron chi connectivity index (χ3n) is 10.2. The maximum atomic E-state index is 11.4. The Morgan fingerprint density at radius 3 is 1.96 bits per heavy atom. The smallest absolute Gasteiger partial charge is 0.317 e. The van der Waals surface area contributed by atoms with Gasteiger partial charge in [0.25, 0.3) is 0 Å². The molecule has 2 saturated heterocycles. The molecule has 0 atom stereocenters. The number of carboxylic acids is 2. The van der Waals surface area contributed by atoms with E-state index in [2.05, 4.69) is 96.5 Å². The van der Waals surface area contributed by atoms with E-state index < -0.39 is 11.9 Å². The first-order chi connectivity index (χ1) is 24.7. The Kier molecular flexibility index (Phi) is 14.7. The minimum absolute atomic E-state index is 0.0320. The minimum atomic E-state index is -0.857. The molecule has 2 N–H and O–H groups in total. The molecule has 274 valence electrons. The Morgan fingerprint density at radius 1 is 0.686 bits per heavy atom. The molecule has 3 aromatic rings. The van der Waals surface area contributed by atoms with Crippen LogP contribution in [0.1, 0.15) is 59.9 Å². The number of likely N-dealkylation sites (tertiary alicyclic amines) is 1. The van der Waals surface area contributed by atoms with Gasteiger partial charge in [-0.15, -0.1) is 0 Å². The normalized spacial score (nSPS) is 17.2. The van der Waals surface area contributed by atoms with E-state index >= 15 is 0 Å². The van der Waals surface area contributed by atoms with Gasteiger partial charge in [0, 0.05) is 51.4 Å². The predicted molar refractivity (Wildman–Crippen MR) is 205 cm³/mol. The van der Waals surface area contributed by atoms with Gasteiger partial charge in [-0.3, -0.25) is 24.3 Å². The second kappa shape index (κ2) is 19.6. The zero-order chi connectivity index (χ0) is 36.0. The zero-order valence-electron chi connectivity index (χ0n) is 30.6. The molecule has 9 heteroatoms. The number of ether oxygens (including phenoxy) is 1. The summed E-state index contributed by atoms with van der Waals surface area (Å²) < 4.78 is 6.58. The van der Waals surface area contributed by atoms with Crippen LogP contribution in [-0.2, 0) is 16.1 Å². The van der Waals surface area contributed by atoms with Crippen molar-refractivity contribution in [2.45, 2.75) is 52.5 Å². The average Bonchev–Trinajstić information content (AvgIpc) is 3.20. The largest absolute Gasteiger partial charge is 0.493 e. The molecule has 0 saturated carbocycles. The Labute approximate surface area is 304 Å². The summed E-state index contributed by atoms with van der Waals surface area (Å²) in [6, 6.07) is 21.6.